The van der Waals surface area contributed by atoms with E-state index >= 15 is 0 Å². The van der Waals surface area contributed by atoms with E-state index in [0.717, 1.165) is 5.56 Å². The lowest BCUT2D eigenvalue weighted by Crippen LogP contribution is -2.30. The van der Waals surface area contributed by atoms with E-state index in [1.54, 1.807) is 36.4 Å². The predicted molar refractivity (Wildman–Crippen MR) is 117 cm³/mol. The van der Waals surface area contributed by atoms with Crippen LogP contribution in [0.3, 0.4) is 0 Å². The average Bonchev–Trinajstić information content (AvgIpc) is 2.82. The minimum absolute atomic E-state index is 0.0829. The maximum Gasteiger partial charge on any atom is 0.251 e. The van der Waals surface area contributed by atoms with Gasteiger partial charge >= 0.3 is 0 Å². The molecule has 0 radical (unpaired) electrons. The molecule has 3 aromatic carbocycles. The van der Waals surface area contributed by atoms with Crippen LogP contribution in [0.25, 0.3) is 0 Å². The molecule has 0 unspecified atom stereocenters. The van der Waals surface area contributed by atoms with E-state index in [1.807, 2.05) is 30.3 Å². The van der Waals surface area contributed by atoms with Crippen molar-refractivity contribution in [2.24, 2.45) is 0 Å². The van der Waals surface area contributed by atoms with Gasteiger partial charge in [0.05, 0.1) is 24.7 Å². The molecule has 0 aliphatic carbocycles. The van der Waals surface area contributed by atoms with Crippen molar-refractivity contribution in [2.75, 3.05) is 13.7 Å². The Morgan fingerprint density at radius 3 is 2.19 bits per heavy atom. The largest absolute Gasteiger partial charge is 0.497 e. The van der Waals surface area contributed by atoms with Crippen molar-refractivity contribution in [3.63, 3.8) is 0 Å². The number of sulfonamides is 1. The van der Waals surface area contributed by atoms with Gasteiger partial charge in [0.2, 0.25) is 10.0 Å². The van der Waals surface area contributed by atoms with Crippen molar-refractivity contribution in [3.8, 4) is 5.75 Å². The Balaban J connectivity index is 1.61. The number of methoxy groups -OCH3 is 1. The topological polar surface area (TPSA) is 105 Å². The molecule has 3 rings (SSSR count). The smallest absolute Gasteiger partial charge is 0.251 e. The van der Waals surface area contributed by atoms with Gasteiger partial charge in [-0.3, -0.25) is 4.79 Å². The van der Waals surface area contributed by atoms with Crippen LogP contribution in [0.15, 0.2) is 83.8 Å². The molecule has 0 aliphatic rings. The van der Waals surface area contributed by atoms with Crippen LogP contribution in [-0.2, 0) is 16.6 Å². The summed E-state index contributed by atoms with van der Waals surface area (Å²) in [6.07, 6.45) is 0. The van der Waals surface area contributed by atoms with E-state index < -0.39 is 16.1 Å². The molecule has 3 aromatic rings. The Hall–Kier alpha value is -3.20. The molecule has 1 atom stereocenters. The minimum atomic E-state index is -3.67. The van der Waals surface area contributed by atoms with Crippen molar-refractivity contribution < 1.29 is 23.1 Å². The van der Waals surface area contributed by atoms with Crippen LogP contribution in [0.1, 0.15) is 27.5 Å². The van der Waals surface area contributed by atoms with Gasteiger partial charge in [-0.25, -0.2) is 13.1 Å². The van der Waals surface area contributed by atoms with E-state index in [9.17, 15) is 18.3 Å². The van der Waals surface area contributed by atoms with Gasteiger partial charge < -0.3 is 15.2 Å². The number of carbonyl (C=O) groups excluding carboxylic acids is 1. The van der Waals surface area contributed by atoms with Gasteiger partial charge in [-0.1, -0.05) is 42.5 Å². The number of aliphatic hydroxyl groups is 1. The van der Waals surface area contributed by atoms with E-state index in [0.29, 0.717) is 16.9 Å². The summed E-state index contributed by atoms with van der Waals surface area (Å²) in [6.45, 7) is -0.138. The van der Waals surface area contributed by atoms with Crippen LogP contribution in [0.4, 0.5) is 0 Å². The summed E-state index contributed by atoms with van der Waals surface area (Å²) >= 11 is 0. The lowest BCUT2D eigenvalue weighted by Gasteiger charge is -2.17. The van der Waals surface area contributed by atoms with Crippen LogP contribution in [0, 0.1) is 0 Å². The monoisotopic (exact) mass is 440 g/mol. The molecular formula is C23H24N2O5S. The fourth-order valence-corrected chi connectivity index (χ4v) is 3.97. The van der Waals surface area contributed by atoms with E-state index in [-0.39, 0.29) is 24.0 Å². The van der Waals surface area contributed by atoms with Gasteiger partial charge in [0.1, 0.15) is 5.75 Å². The number of rotatable bonds is 9. The first kappa shape index (κ1) is 22.5. The van der Waals surface area contributed by atoms with E-state index in [4.69, 9.17) is 4.74 Å². The third-order valence-corrected chi connectivity index (χ3v) is 6.16. The van der Waals surface area contributed by atoms with E-state index in [1.165, 1.54) is 19.2 Å². The van der Waals surface area contributed by atoms with E-state index in [2.05, 4.69) is 10.0 Å². The fraction of sp³-hybridized carbons (Fsp3) is 0.174. The van der Waals surface area contributed by atoms with Crippen molar-refractivity contribution in [3.05, 3.63) is 95.6 Å². The first-order chi connectivity index (χ1) is 14.9. The van der Waals surface area contributed by atoms with Gasteiger partial charge in [0, 0.05) is 12.1 Å². The van der Waals surface area contributed by atoms with Crippen molar-refractivity contribution in [1.82, 2.24) is 10.0 Å². The molecule has 0 saturated carbocycles. The number of ether oxygens (including phenoxy) is 1. The highest BCUT2D eigenvalue weighted by Crippen LogP contribution is 2.16. The maximum atomic E-state index is 12.5. The van der Waals surface area contributed by atoms with Gasteiger partial charge in [-0.15, -0.1) is 0 Å². The minimum Gasteiger partial charge on any atom is -0.497 e. The molecule has 31 heavy (non-hydrogen) atoms. The number of hydrogen-bond donors (Lipinski definition) is 3. The second-order valence-corrected chi connectivity index (χ2v) is 8.58. The number of aliphatic hydroxyl groups excluding tert-OH is 1. The number of hydrogen-bond acceptors (Lipinski definition) is 5. The molecule has 0 fully saturated rings. The van der Waals surface area contributed by atoms with Crippen LogP contribution >= 0.6 is 0 Å². The van der Waals surface area contributed by atoms with Gasteiger partial charge in [0.25, 0.3) is 5.91 Å². The third-order valence-electron chi connectivity index (χ3n) is 4.74. The van der Waals surface area contributed by atoms with Crippen molar-refractivity contribution in [1.29, 1.82) is 0 Å². The summed E-state index contributed by atoms with van der Waals surface area (Å²) < 4.78 is 32.4. The molecule has 0 aromatic heterocycles. The number of amides is 1. The highest BCUT2D eigenvalue weighted by Gasteiger charge is 2.16. The average molecular weight is 441 g/mol. The molecule has 0 bridgehead atoms. The summed E-state index contributed by atoms with van der Waals surface area (Å²) in [5, 5.41) is 12.4. The molecule has 162 valence electrons. The van der Waals surface area contributed by atoms with Gasteiger partial charge in [-0.05, 0) is 47.5 Å². The summed E-state index contributed by atoms with van der Waals surface area (Å²) in [5.41, 5.74) is 1.93. The zero-order valence-corrected chi connectivity index (χ0v) is 17.8. The Morgan fingerprint density at radius 1 is 0.968 bits per heavy atom. The highest BCUT2D eigenvalue weighted by atomic mass is 32.2. The SMILES string of the molecule is COc1ccc(S(=O)(=O)NCc2ccc(C(=O)N[C@H](CO)c3ccccc3)cc2)cc1. The Labute approximate surface area is 181 Å². The third kappa shape index (κ3) is 5.91. The molecule has 0 spiro atoms. The van der Waals surface area contributed by atoms with Crippen LogP contribution in [0.5, 0.6) is 5.75 Å². The molecule has 0 saturated heterocycles. The van der Waals surface area contributed by atoms with Crippen LogP contribution in [-0.4, -0.2) is 33.1 Å². The number of carbonyl (C=O) groups is 1. The molecular weight excluding hydrogens is 416 g/mol. The molecule has 3 N–H and O–H groups in total. The lowest BCUT2D eigenvalue weighted by molar-refractivity contribution is 0.0916. The maximum absolute atomic E-state index is 12.5. The quantitative estimate of drug-likeness (QED) is 0.475. The van der Waals surface area contributed by atoms with Crippen molar-refractivity contribution >= 4 is 15.9 Å². The molecule has 0 heterocycles. The summed E-state index contributed by atoms with van der Waals surface area (Å²) in [6, 6.07) is 21.4. The first-order valence-electron chi connectivity index (χ1n) is 9.62. The Morgan fingerprint density at radius 2 is 1.61 bits per heavy atom. The fourth-order valence-electron chi connectivity index (χ4n) is 2.95. The normalized spacial score (nSPS) is 12.2. The molecule has 8 heteroatoms. The molecule has 1 amide bonds. The zero-order chi connectivity index (χ0) is 22.3. The summed E-state index contributed by atoms with van der Waals surface area (Å²) in [4.78, 5) is 12.6. The molecule has 7 nitrogen and oxygen atoms in total. The number of benzene rings is 3. The van der Waals surface area contributed by atoms with Crippen molar-refractivity contribution in [2.45, 2.75) is 17.5 Å². The Bertz CT molecular complexity index is 1100. The van der Waals surface area contributed by atoms with Crippen LogP contribution < -0.4 is 14.8 Å². The highest BCUT2D eigenvalue weighted by molar-refractivity contribution is 7.89. The summed E-state index contributed by atoms with van der Waals surface area (Å²) in [7, 11) is -2.16. The van der Waals surface area contributed by atoms with Gasteiger partial charge in [-0.2, -0.15) is 0 Å². The lowest BCUT2D eigenvalue weighted by atomic mass is 10.1. The zero-order valence-electron chi connectivity index (χ0n) is 17.0. The second kappa shape index (κ2) is 10.2. The summed E-state index contributed by atoms with van der Waals surface area (Å²) in [5.74, 6) is 0.247. The van der Waals surface area contributed by atoms with Crippen LogP contribution in [0.2, 0.25) is 0 Å². The number of nitrogens with one attached hydrogen (secondary N) is 2. The second-order valence-electron chi connectivity index (χ2n) is 6.82. The molecule has 0 aliphatic heterocycles. The first-order valence-corrected chi connectivity index (χ1v) is 11.1. The predicted octanol–water partition coefficient (Wildman–Crippen LogP) is 2.64. The van der Waals surface area contributed by atoms with Gasteiger partial charge in [0.15, 0.2) is 0 Å². The Kier molecular flexibility index (Phi) is 7.41. The standard InChI is InChI=1S/C23H24N2O5S/c1-30-20-11-13-21(14-12-20)31(28,29)24-15-17-7-9-19(10-8-17)23(27)25-22(16-26)18-5-3-2-4-6-18/h2-14,22,24,26H,15-16H2,1H3,(H,25,27)/t22-/m1/s1.